The molecule has 7 nitrogen and oxygen atoms in total. The Labute approximate surface area is 195 Å². The largest absolute Gasteiger partial charge is 0.487 e. The summed E-state index contributed by atoms with van der Waals surface area (Å²) in [5, 5.41) is 14.8. The van der Waals surface area contributed by atoms with Crippen molar-refractivity contribution in [1.29, 1.82) is 0 Å². The number of hydrazone groups is 1. The summed E-state index contributed by atoms with van der Waals surface area (Å²) < 4.78 is 7.22. The molecule has 0 aliphatic rings. The molecule has 1 amide bonds. The summed E-state index contributed by atoms with van der Waals surface area (Å²) in [6.45, 7) is 2.16. The summed E-state index contributed by atoms with van der Waals surface area (Å²) in [6.07, 6.45) is 1.53. The molecule has 158 valence electrons. The number of nitro groups is 1. The summed E-state index contributed by atoms with van der Waals surface area (Å²) in [7, 11) is 0. The molecule has 1 N–H and O–H groups in total. The molecule has 0 unspecified atom stereocenters. The van der Waals surface area contributed by atoms with Gasteiger partial charge in [0, 0.05) is 17.7 Å². The van der Waals surface area contributed by atoms with E-state index in [1.54, 1.807) is 36.4 Å². The van der Waals surface area contributed by atoms with Crippen molar-refractivity contribution >= 4 is 49.7 Å². The van der Waals surface area contributed by atoms with Crippen LogP contribution in [0.1, 0.15) is 27.0 Å². The summed E-state index contributed by atoms with van der Waals surface area (Å²) >= 11 is 6.95. The molecule has 3 rings (SSSR count). The zero-order valence-corrected chi connectivity index (χ0v) is 19.5. The number of carbonyl (C=O) groups is 1. The first-order valence-corrected chi connectivity index (χ1v) is 10.7. The van der Waals surface area contributed by atoms with Crippen LogP contribution in [0.25, 0.3) is 0 Å². The summed E-state index contributed by atoms with van der Waals surface area (Å²) in [5.41, 5.74) is 5.61. The fraction of sp³-hybridized carbons (Fsp3) is 0.0909. The van der Waals surface area contributed by atoms with Crippen molar-refractivity contribution in [1.82, 2.24) is 5.43 Å². The highest BCUT2D eigenvalue weighted by molar-refractivity contribution is 9.11. The van der Waals surface area contributed by atoms with Crippen LogP contribution in [0.4, 0.5) is 5.69 Å². The average molecular weight is 547 g/mol. The number of aryl methyl sites for hydroxylation is 1. The summed E-state index contributed by atoms with van der Waals surface area (Å²) in [4.78, 5) is 22.4. The minimum atomic E-state index is -0.443. The molecule has 0 bridgehead atoms. The van der Waals surface area contributed by atoms with Crippen LogP contribution in [0.15, 0.2) is 74.7 Å². The number of rotatable bonds is 7. The molecule has 0 saturated carbocycles. The third-order valence-electron chi connectivity index (χ3n) is 4.21. The van der Waals surface area contributed by atoms with E-state index in [2.05, 4.69) is 42.4 Å². The van der Waals surface area contributed by atoms with Crippen molar-refractivity contribution in [3.8, 4) is 5.75 Å². The molecular formula is C22H17Br2N3O4. The number of ether oxygens (including phenoxy) is 1. The maximum atomic E-state index is 12.2. The van der Waals surface area contributed by atoms with Crippen molar-refractivity contribution < 1.29 is 14.5 Å². The van der Waals surface area contributed by atoms with Gasteiger partial charge in [-0.05, 0) is 86.3 Å². The van der Waals surface area contributed by atoms with Crippen LogP contribution in [-0.2, 0) is 6.61 Å². The lowest BCUT2D eigenvalue weighted by atomic mass is 10.1. The second kappa shape index (κ2) is 10.3. The lowest BCUT2D eigenvalue weighted by Crippen LogP contribution is -2.17. The number of hydrogen-bond donors (Lipinski definition) is 1. The van der Waals surface area contributed by atoms with E-state index in [1.807, 2.05) is 19.1 Å². The second-order valence-corrected chi connectivity index (χ2v) is 8.30. The molecule has 0 aromatic heterocycles. The normalized spacial score (nSPS) is 10.8. The van der Waals surface area contributed by atoms with Gasteiger partial charge in [-0.2, -0.15) is 5.10 Å². The average Bonchev–Trinajstić information content (AvgIpc) is 2.73. The monoisotopic (exact) mass is 545 g/mol. The number of carbonyl (C=O) groups excluding carboxylic acids is 1. The first-order valence-electron chi connectivity index (χ1n) is 9.09. The Hall–Kier alpha value is -3.04. The van der Waals surface area contributed by atoms with Crippen LogP contribution in [0, 0.1) is 17.0 Å². The Kier molecular flexibility index (Phi) is 7.54. The number of hydrogen-bond acceptors (Lipinski definition) is 5. The SMILES string of the molecule is Cc1cccc(C(=O)N/N=C\c2cc(Br)c(OCc3ccc([N+](=O)[O-])cc3)c(Br)c2)c1. The van der Waals surface area contributed by atoms with Crippen LogP contribution >= 0.6 is 31.9 Å². The molecule has 3 aromatic rings. The number of nitrogens with one attached hydrogen (secondary N) is 1. The van der Waals surface area contributed by atoms with E-state index in [4.69, 9.17) is 4.74 Å². The van der Waals surface area contributed by atoms with Crippen LogP contribution in [-0.4, -0.2) is 17.0 Å². The minimum absolute atomic E-state index is 0.0317. The van der Waals surface area contributed by atoms with E-state index in [1.165, 1.54) is 18.3 Å². The maximum Gasteiger partial charge on any atom is 0.271 e. The van der Waals surface area contributed by atoms with Crippen LogP contribution < -0.4 is 10.2 Å². The van der Waals surface area contributed by atoms with Crippen molar-refractivity contribution in [3.05, 3.63) is 102 Å². The van der Waals surface area contributed by atoms with Crippen LogP contribution in [0.5, 0.6) is 5.75 Å². The predicted molar refractivity (Wildman–Crippen MR) is 126 cm³/mol. The molecule has 0 aliphatic carbocycles. The molecule has 9 heteroatoms. The second-order valence-electron chi connectivity index (χ2n) is 6.59. The fourth-order valence-electron chi connectivity index (χ4n) is 2.68. The van der Waals surface area contributed by atoms with Gasteiger partial charge in [-0.25, -0.2) is 5.43 Å². The number of benzene rings is 3. The van der Waals surface area contributed by atoms with E-state index in [9.17, 15) is 14.9 Å². The molecule has 31 heavy (non-hydrogen) atoms. The van der Waals surface area contributed by atoms with Gasteiger partial charge in [0.1, 0.15) is 12.4 Å². The molecule has 0 spiro atoms. The number of nitro benzene ring substituents is 1. The van der Waals surface area contributed by atoms with Gasteiger partial charge in [-0.3, -0.25) is 14.9 Å². The van der Waals surface area contributed by atoms with Gasteiger partial charge in [0.2, 0.25) is 0 Å². The van der Waals surface area contributed by atoms with Crippen molar-refractivity contribution in [2.75, 3.05) is 0 Å². The lowest BCUT2D eigenvalue weighted by Gasteiger charge is -2.11. The molecule has 0 aliphatic heterocycles. The molecule has 0 radical (unpaired) electrons. The number of non-ortho nitro benzene ring substituents is 1. The first kappa shape index (κ1) is 22.6. The highest BCUT2D eigenvalue weighted by atomic mass is 79.9. The Morgan fingerprint density at radius 3 is 2.42 bits per heavy atom. The number of halogens is 2. The molecule has 0 fully saturated rings. The molecule has 3 aromatic carbocycles. The molecule has 0 heterocycles. The standard InChI is InChI=1S/C22H17Br2N3O4/c1-14-3-2-4-17(9-14)22(28)26-25-12-16-10-19(23)21(20(24)11-16)31-13-15-5-7-18(8-6-15)27(29)30/h2-12H,13H2,1H3,(H,26,28)/b25-12-. The van der Waals surface area contributed by atoms with Crippen molar-refractivity contribution in [3.63, 3.8) is 0 Å². The lowest BCUT2D eigenvalue weighted by molar-refractivity contribution is -0.384. The Morgan fingerprint density at radius 1 is 1.13 bits per heavy atom. The highest BCUT2D eigenvalue weighted by Gasteiger charge is 2.10. The summed E-state index contributed by atoms with van der Waals surface area (Å²) in [6, 6.07) is 17.0. The topological polar surface area (TPSA) is 93.8 Å². The van der Waals surface area contributed by atoms with Crippen molar-refractivity contribution in [2.24, 2.45) is 5.10 Å². The van der Waals surface area contributed by atoms with Crippen molar-refractivity contribution in [2.45, 2.75) is 13.5 Å². The third-order valence-corrected chi connectivity index (χ3v) is 5.39. The Morgan fingerprint density at radius 2 is 1.81 bits per heavy atom. The van der Waals surface area contributed by atoms with Gasteiger partial charge in [0.25, 0.3) is 11.6 Å². The van der Waals surface area contributed by atoms with E-state index < -0.39 is 4.92 Å². The fourth-order valence-corrected chi connectivity index (χ4v) is 4.13. The Balaban J connectivity index is 1.63. The zero-order chi connectivity index (χ0) is 22.4. The van der Waals surface area contributed by atoms with Crippen LogP contribution in [0.2, 0.25) is 0 Å². The van der Waals surface area contributed by atoms with E-state index in [-0.39, 0.29) is 18.2 Å². The molecular weight excluding hydrogens is 530 g/mol. The quantitative estimate of drug-likeness (QED) is 0.231. The molecule has 0 atom stereocenters. The Bertz CT molecular complexity index is 1120. The maximum absolute atomic E-state index is 12.2. The molecule has 0 saturated heterocycles. The summed E-state index contributed by atoms with van der Waals surface area (Å²) in [5.74, 6) is 0.292. The zero-order valence-electron chi connectivity index (χ0n) is 16.3. The first-order chi connectivity index (χ1) is 14.8. The third kappa shape index (κ3) is 6.22. The van der Waals surface area contributed by atoms with Crippen LogP contribution in [0.3, 0.4) is 0 Å². The van der Waals surface area contributed by atoms with Gasteiger partial charge in [0.05, 0.1) is 20.1 Å². The van der Waals surface area contributed by atoms with Gasteiger partial charge in [-0.15, -0.1) is 0 Å². The highest BCUT2D eigenvalue weighted by Crippen LogP contribution is 2.35. The van der Waals surface area contributed by atoms with Gasteiger partial charge >= 0.3 is 0 Å². The van der Waals surface area contributed by atoms with E-state index in [0.29, 0.717) is 20.3 Å². The smallest absolute Gasteiger partial charge is 0.271 e. The van der Waals surface area contributed by atoms with Gasteiger partial charge in [0.15, 0.2) is 0 Å². The van der Waals surface area contributed by atoms with E-state index in [0.717, 1.165) is 16.7 Å². The predicted octanol–water partition coefficient (Wildman–Crippen LogP) is 5.77. The number of nitrogens with zero attached hydrogens (tertiary/aromatic N) is 2. The van der Waals surface area contributed by atoms with E-state index >= 15 is 0 Å². The number of amides is 1. The minimum Gasteiger partial charge on any atom is -0.487 e. The van der Waals surface area contributed by atoms with Gasteiger partial charge in [-0.1, -0.05) is 17.7 Å². The van der Waals surface area contributed by atoms with Gasteiger partial charge < -0.3 is 4.74 Å².